The zero-order valence-electron chi connectivity index (χ0n) is 13.1. The van der Waals surface area contributed by atoms with Crippen LogP contribution in [-0.4, -0.2) is 28.1 Å². The van der Waals surface area contributed by atoms with Gasteiger partial charge in [-0.05, 0) is 24.6 Å². The molecule has 23 heavy (non-hydrogen) atoms. The highest BCUT2D eigenvalue weighted by Crippen LogP contribution is 2.05. The van der Waals surface area contributed by atoms with Crippen molar-refractivity contribution in [3.8, 4) is 0 Å². The zero-order chi connectivity index (χ0) is 16.7. The van der Waals surface area contributed by atoms with Crippen molar-refractivity contribution in [3.05, 3.63) is 53.3 Å². The van der Waals surface area contributed by atoms with Gasteiger partial charge >= 0.3 is 0 Å². The second-order valence-electron chi connectivity index (χ2n) is 5.15. The number of aryl methyl sites for hydroxylation is 1. The Labute approximate surface area is 134 Å². The smallest absolute Gasteiger partial charge is 0.251 e. The van der Waals surface area contributed by atoms with Gasteiger partial charge in [0.1, 0.15) is 0 Å². The maximum absolute atomic E-state index is 11.7. The summed E-state index contributed by atoms with van der Waals surface area (Å²) >= 11 is 0. The van der Waals surface area contributed by atoms with E-state index in [-0.39, 0.29) is 12.5 Å². The van der Waals surface area contributed by atoms with Gasteiger partial charge in [0.15, 0.2) is 0 Å². The number of carbonyl (C=O) groups excluding carboxylic acids is 2. The average Bonchev–Trinajstić information content (AvgIpc) is 3.01. The summed E-state index contributed by atoms with van der Waals surface area (Å²) in [5, 5.41) is 10.0. The molecule has 0 saturated carbocycles. The molecule has 0 radical (unpaired) electrons. The Balaban J connectivity index is 1.80. The number of rotatable bonds is 8. The number of primary amides is 1. The van der Waals surface area contributed by atoms with Crippen LogP contribution in [0.25, 0.3) is 0 Å². The molecule has 4 N–H and O–H groups in total. The fraction of sp³-hybridized carbons (Fsp3) is 0.312. The monoisotopic (exact) mass is 315 g/mol. The Morgan fingerprint density at radius 3 is 2.48 bits per heavy atom. The average molecular weight is 315 g/mol. The van der Waals surface area contributed by atoms with E-state index >= 15 is 0 Å². The van der Waals surface area contributed by atoms with Crippen LogP contribution in [0.3, 0.4) is 0 Å². The quantitative estimate of drug-likeness (QED) is 0.656. The second-order valence-corrected chi connectivity index (χ2v) is 5.15. The summed E-state index contributed by atoms with van der Waals surface area (Å²) in [6, 6.07) is 7.20. The van der Waals surface area contributed by atoms with E-state index in [9.17, 15) is 9.59 Å². The summed E-state index contributed by atoms with van der Waals surface area (Å²) in [7, 11) is 0. The van der Waals surface area contributed by atoms with Crippen molar-refractivity contribution >= 4 is 11.8 Å². The molecule has 0 atom stereocenters. The van der Waals surface area contributed by atoms with Crippen molar-refractivity contribution in [2.45, 2.75) is 26.6 Å². The minimum atomic E-state index is -0.564. The molecule has 1 aromatic heterocycles. The van der Waals surface area contributed by atoms with E-state index in [1.54, 1.807) is 12.1 Å². The molecule has 2 rings (SSSR count). The number of nitrogens with zero attached hydrogens (tertiary/aromatic N) is 2. The maximum Gasteiger partial charge on any atom is 0.251 e. The normalized spacial score (nSPS) is 10.5. The molecule has 7 nitrogen and oxygen atoms in total. The van der Waals surface area contributed by atoms with Gasteiger partial charge in [-0.15, -0.1) is 0 Å². The standard InChI is InChI=1S/C16H21N5O2/c1-2-21-11-13(9-20-21)8-18-7-12-3-5-14(6-4-12)16(23)19-10-15(17)22/h3-6,9,11,18H,2,7-8,10H2,1H3,(H2,17,22)(H,19,23). The summed E-state index contributed by atoms with van der Waals surface area (Å²) in [6.45, 7) is 4.18. The van der Waals surface area contributed by atoms with Crippen LogP contribution < -0.4 is 16.4 Å². The number of nitrogens with one attached hydrogen (secondary N) is 2. The lowest BCUT2D eigenvalue weighted by atomic mass is 10.1. The fourth-order valence-electron chi connectivity index (χ4n) is 2.07. The van der Waals surface area contributed by atoms with Crippen LogP contribution in [-0.2, 0) is 24.4 Å². The molecular weight excluding hydrogens is 294 g/mol. The molecule has 0 fully saturated rings. The third-order valence-electron chi connectivity index (χ3n) is 3.31. The lowest BCUT2D eigenvalue weighted by molar-refractivity contribution is -0.117. The molecule has 122 valence electrons. The van der Waals surface area contributed by atoms with Crippen LogP contribution in [0.4, 0.5) is 0 Å². The van der Waals surface area contributed by atoms with Gasteiger partial charge in [-0.1, -0.05) is 12.1 Å². The van der Waals surface area contributed by atoms with Gasteiger partial charge in [-0.25, -0.2) is 0 Å². The SMILES string of the molecule is CCn1cc(CNCc2ccc(C(=O)NCC(N)=O)cc2)cn1. The molecule has 0 spiro atoms. The van der Waals surface area contributed by atoms with E-state index in [2.05, 4.69) is 15.7 Å². The molecule has 2 aromatic rings. The maximum atomic E-state index is 11.7. The van der Waals surface area contributed by atoms with Crippen LogP contribution in [0.1, 0.15) is 28.4 Å². The van der Waals surface area contributed by atoms with E-state index < -0.39 is 5.91 Å². The predicted octanol–water partition coefficient (Wildman–Crippen LogP) is 0.408. The fourth-order valence-corrected chi connectivity index (χ4v) is 2.07. The van der Waals surface area contributed by atoms with Crippen LogP contribution in [0.15, 0.2) is 36.7 Å². The Kier molecular flexibility index (Phi) is 5.87. The number of aromatic nitrogens is 2. The molecule has 1 aromatic carbocycles. The van der Waals surface area contributed by atoms with Gasteiger partial charge in [0.25, 0.3) is 5.91 Å². The van der Waals surface area contributed by atoms with Crippen LogP contribution in [0.5, 0.6) is 0 Å². The van der Waals surface area contributed by atoms with Gasteiger partial charge < -0.3 is 16.4 Å². The molecule has 0 aliphatic rings. The van der Waals surface area contributed by atoms with Crippen molar-refractivity contribution in [2.75, 3.05) is 6.54 Å². The van der Waals surface area contributed by atoms with Crippen molar-refractivity contribution in [3.63, 3.8) is 0 Å². The number of carbonyl (C=O) groups is 2. The lowest BCUT2D eigenvalue weighted by Crippen LogP contribution is -2.33. The molecule has 1 heterocycles. The van der Waals surface area contributed by atoms with E-state index in [4.69, 9.17) is 5.73 Å². The Morgan fingerprint density at radius 2 is 1.87 bits per heavy atom. The second kappa shape index (κ2) is 8.09. The Hall–Kier alpha value is -2.67. The Morgan fingerprint density at radius 1 is 1.17 bits per heavy atom. The number of nitrogens with two attached hydrogens (primary N) is 1. The number of benzene rings is 1. The Bertz CT molecular complexity index is 663. The van der Waals surface area contributed by atoms with E-state index in [0.717, 1.165) is 24.2 Å². The van der Waals surface area contributed by atoms with Crippen molar-refractivity contribution < 1.29 is 9.59 Å². The molecule has 0 aliphatic carbocycles. The minimum Gasteiger partial charge on any atom is -0.368 e. The largest absolute Gasteiger partial charge is 0.368 e. The van der Waals surface area contributed by atoms with Crippen molar-refractivity contribution in [1.82, 2.24) is 20.4 Å². The first-order valence-electron chi connectivity index (χ1n) is 7.46. The van der Waals surface area contributed by atoms with Gasteiger partial charge in [0, 0.05) is 37.0 Å². The highest BCUT2D eigenvalue weighted by molar-refractivity contribution is 5.96. The van der Waals surface area contributed by atoms with Crippen molar-refractivity contribution in [1.29, 1.82) is 0 Å². The molecule has 7 heteroatoms. The highest BCUT2D eigenvalue weighted by Gasteiger charge is 2.06. The van der Waals surface area contributed by atoms with Crippen LogP contribution in [0.2, 0.25) is 0 Å². The molecule has 0 bridgehead atoms. The molecule has 0 saturated heterocycles. The summed E-state index contributed by atoms with van der Waals surface area (Å²) in [6.07, 6.45) is 3.86. The van der Waals surface area contributed by atoms with E-state index in [1.807, 2.05) is 36.1 Å². The first kappa shape index (κ1) is 16.7. The first-order chi connectivity index (χ1) is 11.1. The predicted molar refractivity (Wildman–Crippen MR) is 86.4 cm³/mol. The van der Waals surface area contributed by atoms with E-state index in [1.165, 1.54) is 0 Å². The summed E-state index contributed by atoms with van der Waals surface area (Å²) in [4.78, 5) is 22.4. The van der Waals surface area contributed by atoms with Gasteiger partial charge in [0.05, 0.1) is 12.7 Å². The minimum absolute atomic E-state index is 0.159. The zero-order valence-corrected chi connectivity index (χ0v) is 13.1. The third kappa shape index (κ3) is 5.23. The summed E-state index contributed by atoms with van der Waals surface area (Å²) in [5.41, 5.74) is 7.69. The molecule has 0 unspecified atom stereocenters. The first-order valence-corrected chi connectivity index (χ1v) is 7.46. The summed E-state index contributed by atoms with van der Waals surface area (Å²) < 4.78 is 1.89. The molecular formula is C16H21N5O2. The number of hydrogen-bond acceptors (Lipinski definition) is 4. The van der Waals surface area contributed by atoms with Crippen LogP contribution in [0, 0.1) is 0 Å². The number of amides is 2. The van der Waals surface area contributed by atoms with Gasteiger partial charge in [-0.3, -0.25) is 14.3 Å². The van der Waals surface area contributed by atoms with Crippen molar-refractivity contribution in [2.24, 2.45) is 5.73 Å². The van der Waals surface area contributed by atoms with E-state index in [0.29, 0.717) is 12.1 Å². The number of hydrogen-bond donors (Lipinski definition) is 3. The summed E-state index contributed by atoms with van der Waals surface area (Å²) in [5.74, 6) is -0.874. The molecule has 2 amide bonds. The lowest BCUT2D eigenvalue weighted by Gasteiger charge is -2.06. The topological polar surface area (TPSA) is 102 Å². The highest BCUT2D eigenvalue weighted by atomic mass is 16.2. The third-order valence-corrected chi connectivity index (χ3v) is 3.31. The van der Waals surface area contributed by atoms with Gasteiger partial charge in [-0.2, -0.15) is 5.10 Å². The van der Waals surface area contributed by atoms with Gasteiger partial charge in [0.2, 0.25) is 5.91 Å². The van der Waals surface area contributed by atoms with Crippen LogP contribution >= 0.6 is 0 Å². The molecule has 0 aliphatic heterocycles.